The lowest BCUT2D eigenvalue weighted by Crippen LogP contribution is -2.43. The summed E-state index contributed by atoms with van der Waals surface area (Å²) in [5, 5.41) is 0. The third-order valence-corrected chi connectivity index (χ3v) is 4.40. The number of benzene rings is 3. The van der Waals surface area contributed by atoms with E-state index >= 15 is 0 Å². The number of nitrogens with one attached hydrogen (secondary N) is 2. The van der Waals surface area contributed by atoms with Gasteiger partial charge in [0.1, 0.15) is 18.1 Å². The van der Waals surface area contributed by atoms with Crippen molar-refractivity contribution in [3.63, 3.8) is 0 Å². The largest absolute Gasteiger partial charge is 0.489 e. The summed E-state index contributed by atoms with van der Waals surface area (Å²) < 4.78 is 11.2. The van der Waals surface area contributed by atoms with Gasteiger partial charge in [-0.1, -0.05) is 30.3 Å². The zero-order chi connectivity index (χ0) is 22.1. The Morgan fingerprint density at radius 1 is 0.774 bits per heavy atom. The van der Waals surface area contributed by atoms with Crippen molar-refractivity contribution in [2.45, 2.75) is 6.61 Å². The summed E-state index contributed by atoms with van der Waals surface area (Å²) in [5.41, 5.74) is 7.21. The summed E-state index contributed by atoms with van der Waals surface area (Å²) >= 11 is 0. The maximum absolute atomic E-state index is 12.1. The van der Waals surface area contributed by atoms with Gasteiger partial charge >= 0.3 is 0 Å². The molecule has 0 unspecified atom stereocenters. The summed E-state index contributed by atoms with van der Waals surface area (Å²) in [6, 6.07) is 23.9. The van der Waals surface area contributed by atoms with Crippen molar-refractivity contribution in [2.24, 2.45) is 0 Å². The molecule has 0 radical (unpaired) electrons. The monoisotopic (exact) mass is 419 g/mol. The van der Waals surface area contributed by atoms with E-state index in [4.69, 9.17) is 9.47 Å². The Morgan fingerprint density at radius 3 is 2.00 bits per heavy atom. The van der Waals surface area contributed by atoms with Crippen molar-refractivity contribution in [2.75, 3.05) is 25.6 Å². The number of hydrogen-bond acceptors (Lipinski definition) is 5. The number of nitrogens with zero attached hydrogens (tertiary/aromatic N) is 1. The zero-order valence-electron chi connectivity index (χ0n) is 17.5. The Bertz CT molecular complexity index is 988. The molecule has 3 aromatic rings. The normalized spacial score (nSPS) is 10.1. The molecule has 0 saturated heterocycles. The van der Waals surface area contributed by atoms with Crippen LogP contribution in [0, 0.1) is 0 Å². The third-order valence-electron chi connectivity index (χ3n) is 4.40. The number of ether oxygens (including phenoxy) is 2. The molecule has 0 aliphatic rings. The second-order valence-corrected chi connectivity index (χ2v) is 6.98. The summed E-state index contributed by atoms with van der Waals surface area (Å²) in [4.78, 5) is 26.0. The van der Waals surface area contributed by atoms with E-state index < -0.39 is 11.8 Å². The molecule has 0 aliphatic carbocycles. The van der Waals surface area contributed by atoms with Gasteiger partial charge in [0, 0.05) is 25.3 Å². The lowest BCUT2D eigenvalue weighted by Gasteiger charge is -2.13. The Balaban J connectivity index is 1.39. The number of hydrogen-bond donors (Lipinski definition) is 2. The second-order valence-electron chi connectivity index (χ2n) is 6.98. The van der Waals surface area contributed by atoms with Crippen LogP contribution in [-0.4, -0.2) is 32.5 Å². The highest BCUT2D eigenvalue weighted by Gasteiger charge is 2.08. The van der Waals surface area contributed by atoms with Gasteiger partial charge < -0.3 is 14.4 Å². The van der Waals surface area contributed by atoms with Crippen LogP contribution in [0.1, 0.15) is 15.9 Å². The number of anilines is 1. The molecular weight excluding hydrogens is 394 g/mol. The molecular formula is C24H25N3O4. The van der Waals surface area contributed by atoms with E-state index in [0.717, 1.165) is 11.3 Å². The van der Waals surface area contributed by atoms with Gasteiger partial charge in [-0.2, -0.15) is 0 Å². The van der Waals surface area contributed by atoms with Crippen LogP contribution in [0.25, 0.3) is 0 Å². The average molecular weight is 419 g/mol. The second kappa shape index (κ2) is 10.7. The van der Waals surface area contributed by atoms with E-state index in [1.54, 1.807) is 36.4 Å². The highest BCUT2D eigenvalue weighted by molar-refractivity contribution is 5.95. The molecule has 3 rings (SSSR count). The predicted octanol–water partition coefficient (Wildman–Crippen LogP) is 3.17. The van der Waals surface area contributed by atoms with Crippen LogP contribution in [0.3, 0.4) is 0 Å². The smallest absolute Gasteiger partial charge is 0.276 e. The quantitative estimate of drug-likeness (QED) is 0.548. The number of rotatable bonds is 8. The number of amides is 2. The minimum atomic E-state index is -0.470. The number of hydrazine groups is 1. The van der Waals surface area contributed by atoms with Gasteiger partial charge in [0.05, 0.1) is 0 Å². The van der Waals surface area contributed by atoms with Crippen molar-refractivity contribution >= 4 is 17.5 Å². The molecule has 31 heavy (non-hydrogen) atoms. The molecule has 0 bridgehead atoms. The van der Waals surface area contributed by atoms with Gasteiger partial charge in [0.25, 0.3) is 11.8 Å². The highest BCUT2D eigenvalue weighted by atomic mass is 16.5. The maximum Gasteiger partial charge on any atom is 0.276 e. The van der Waals surface area contributed by atoms with Crippen LogP contribution in [-0.2, 0) is 11.4 Å². The Morgan fingerprint density at radius 2 is 1.39 bits per heavy atom. The minimum Gasteiger partial charge on any atom is -0.489 e. The first kappa shape index (κ1) is 21.7. The molecule has 7 nitrogen and oxygen atoms in total. The molecule has 0 atom stereocenters. The van der Waals surface area contributed by atoms with Crippen molar-refractivity contribution in [1.82, 2.24) is 10.9 Å². The standard InChI is InChI=1S/C24H25N3O4/c1-27(2)20-10-8-19(9-11-20)24(29)26-25-23(28)17-31-22-14-12-21(13-15-22)30-16-18-6-4-3-5-7-18/h3-15H,16-17H2,1-2H3,(H,25,28)(H,26,29). The van der Waals surface area contributed by atoms with E-state index in [1.807, 2.05) is 61.5 Å². The fraction of sp³-hybridized carbons (Fsp3) is 0.167. The van der Waals surface area contributed by atoms with E-state index in [1.165, 1.54) is 0 Å². The van der Waals surface area contributed by atoms with Crippen LogP contribution in [0.2, 0.25) is 0 Å². The fourth-order valence-corrected chi connectivity index (χ4v) is 2.67. The van der Waals surface area contributed by atoms with Crippen molar-refractivity contribution in [3.05, 3.63) is 90.0 Å². The molecule has 0 aliphatic heterocycles. The molecule has 160 valence electrons. The first-order valence-electron chi connectivity index (χ1n) is 9.77. The third kappa shape index (κ3) is 6.78. The van der Waals surface area contributed by atoms with Crippen molar-refractivity contribution in [3.8, 4) is 11.5 Å². The Hall–Kier alpha value is -4.00. The van der Waals surface area contributed by atoms with Crippen LogP contribution in [0.5, 0.6) is 11.5 Å². The minimum absolute atomic E-state index is 0.232. The Labute approximate surface area is 181 Å². The van der Waals surface area contributed by atoms with E-state index in [9.17, 15) is 9.59 Å². The van der Waals surface area contributed by atoms with E-state index in [0.29, 0.717) is 23.7 Å². The summed E-state index contributed by atoms with van der Waals surface area (Å²) in [7, 11) is 3.83. The first-order chi connectivity index (χ1) is 15.0. The van der Waals surface area contributed by atoms with Gasteiger partial charge in [-0.05, 0) is 54.1 Å². The molecule has 7 heteroatoms. The number of carbonyl (C=O) groups is 2. The zero-order valence-corrected chi connectivity index (χ0v) is 17.5. The van der Waals surface area contributed by atoms with E-state index in [2.05, 4.69) is 10.9 Å². The molecule has 0 spiro atoms. The predicted molar refractivity (Wildman–Crippen MR) is 119 cm³/mol. The molecule has 2 amide bonds. The van der Waals surface area contributed by atoms with Gasteiger partial charge in [-0.25, -0.2) is 0 Å². The molecule has 2 N–H and O–H groups in total. The lowest BCUT2D eigenvalue weighted by atomic mass is 10.2. The van der Waals surface area contributed by atoms with Crippen LogP contribution < -0.4 is 25.2 Å². The topological polar surface area (TPSA) is 79.9 Å². The Kier molecular flexibility index (Phi) is 7.48. The van der Waals surface area contributed by atoms with Crippen molar-refractivity contribution in [1.29, 1.82) is 0 Å². The maximum atomic E-state index is 12.1. The number of carbonyl (C=O) groups excluding carboxylic acids is 2. The van der Waals surface area contributed by atoms with Crippen molar-refractivity contribution < 1.29 is 19.1 Å². The van der Waals surface area contributed by atoms with Crippen LogP contribution >= 0.6 is 0 Å². The van der Waals surface area contributed by atoms with Gasteiger partial charge in [-0.15, -0.1) is 0 Å². The molecule has 0 aromatic heterocycles. The molecule has 0 heterocycles. The van der Waals surface area contributed by atoms with Gasteiger partial charge in [-0.3, -0.25) is 20.4 Å². The van der Waals surface area contributed by atoms with E-state index in [-0.39, 0.29) is 6.61 Å². The van der Waals surface area contributed by atoms with Gasteiger partial charge in [0.2, 0.25) is 0 Å². The van der Waals surface area contributed by atoms with Crippen LogP contribution in [0.15, 0.2) is 78.9 Å². The highest BCUT2D eigenvalue weighted by Crippen LogP contribution is 2.18. The first-order valence-corrected chi connectivity index (χ1v) is 9.77. The SMILES string of the molecule is CN(C)c1ccc(C(=O)NNC(=O)COc2ccc(OCc3ccccc3)cc2)cc1. The summed E-state index contributed by atoms with van der Waals surface area (Å²) in [6.45, 7) is 0.241. The van der Waals surface area contributed by atoms with Crippen LogP contribution in [0.4, 0.5) is 5.69 Å². The average Bonchev–Trinajstić information content (AvgIpc) is 2.81. The fourth-order valence-electron chi connectivity index (χ4n) is 2.67. The summed E-state index contributed by atoms with van der Waals surface area (Å²) in [6.07, 6.45) is 0. The molecule has 3 aromatic carbocycles. The summed E-state index contributed by atoms with van der Waals surface area (Å²) in [5.74, 6) is 0.349. The molecule has 0 saturated carbocycles. The van der Waals surface area contributed by atoms with Gasteiger partial charge in [0.15, 0.2) is 6.61 Å². The lowest BCUT2D eigenvalue weighted by molar-refractivity contribution is -0.123. The molecule has 0 fully saturated rings.